The zero-order valence-corrected chi connectivity index (χ0v) is 16.5. The molecule has 2 N–H and O–H groups in total. The zero-order chi connectivity index (χ0) is 18.9. The molecule has 0 bridgehead atoms. The van der Waals surface area contributed by atoms with Gasteiger partial charge in [-0.3, -0.25) is 9.35 Å². The van der Waals surface area contributed by atoms with E-state index in [1.165, 1.54) is 13.8 Å². The van der Waals surface area contributed by atoms with E-state index in [4.69, 9.17) is 9.81 Å². The largest absolute Gasteiger partial charge is 0.300 e. The van der Waals surface area contributed by atoms with E-state index in [9.17, 15) is 13.2 Å². The highest BCUT2D eigenvalue weighted by Crippen LogP contribution is 2.31. The van der Waals surface area contributed by atoms with Crippen LogP contribution in [0, 0.1) is 0 Å². The van der Waals surface area contributed by atoms with Crippen LogP contribution in [0.4, 0.5) is 0 Å². The molecule has 0 rings (SSSR count). The lowest BCUT2D eigenvalue weighted by molar-refractivity contribution is -0.432. The van der Waals surface area contributed by atoms with Crippen LogP contribution < -0.4 is 0 Å². The highest BCUT2D eigenvalue weighted by atomic mass is 32.2. The molecule has 0 saturated heterocycles. The maximum Gasteiger partial charge on any atom is 0.270 e. The second-order valence-corrected chi connectivity index (χ2v) is 10.6. The molecule has 0 unspecified atom stereocenters. The van der Waals surface area contributed by atoms with E-state index in [1.54, 1.807) is 0 Å². The number of Topliss-reactive ketones (excluding diaryl/α,β-unsaturated/α-hetero) is 1. The number of ketones is 1. The molecule has 0 aromatic rings. The van der Waals surface area contributed by atoms with Crippen LogP contribution in [0.3, 0.4) is 0 Å². The van der Waals surface area contributed by atoms with E-state index < -0.39 is 14.9 Å². The van der Waals surface area contributed by atoms with Crippen molar-refractivity contribution in [3.8, 4) is 0 Å². The Morgan fingerprint density at radius 3 is 1.96 bits per heavy atom. The van der Waals surface area contributed by atoms with Gasteiger partial charge in [-0.15, -0.1) is 4.33 Å². The molecular formula is C15H30O7S2. The minimum atomic E-state index is -4.06. The number of unbranched alkanes of at least 4 members (excludes halogenated alkanes) is 2. The Kier molecular flexibility index (Phi) is 10.6. The standard InChI is InChI=1S/C15H30O7S2/c1-14(2,23-22-21-17)11-7-5-9-13(16)10-6-8-12-15(3,4)24(18,19)20/h17H,5-12H2,1-4H3,(H,18,19,20). The van der Waals surface area contributed by atoms with E-state index in [2.05, 4.69) is 9.37 Å². The van der Waals surface area contributed by atoms with Gasteiger partial charge in [0.15, 0.2) is 0 Å². The van der Waals surface area contributed by atoms with E-state index in [-0.39, 0.29) is 10.5 Å². The van der Waals surface area contributed by atoms with Crippen molar-refractivity contribution < 1.29 is 32.4 Å². The van der Waals surface area contributed by atoms with Crippen LogP contribution in [-0.2, 0) is 24.3 Å². The third-order valence-electron chi connectivity index (χ3n) is 3.96. The van der Waals surface area contributed by atoms with Crippen molar-refractivity contribution >= 4 is 27.9 Å². The molecule has 0 aliphatic heterocycles. The van der Waals surface area contributed by atoms with Crippen LogP contribution in [0.1, 0.15) is 79.1 Å². The van der Waals surface area contributed by atoms with Crippen LogP contribution in [0.15, 0.2) is 0 Å². The topological polar surface area (TPSA) is 110 Å². The number of carbonyl (C=O) groups is 1. The summed E-state index contributed by atoms with van der Waals surface area (Å²) in [5.74, 6) is 0.167. The summed E-state index contributed by atoms with van der Waals surface area (Å²) in [5, 5.41) is 11.7. The third-order valence-corrected chi connectivity index (χ3v) is 6.34. The maximum atomic E-state index is 11.8. The number of hydrogen-bond donors (Lipinski definition) is 2. The van der Waals surface area contributed by atoms with Gasteiger partial charge >= 0.3 is 0 Å². The first kappa shape index (κ1) is 23.8. The van der Waals surface area contributed by atoms with Crippen molar-refractivity contribution in [3.63, 3.8) is 0 Å². The molecule has 0 aromatic heterocycles. The molecule has 0 spiro atoms. The quantitative estimate of drug-likeness (QED) is 0.150. The van der Waals surface area contributed by atoms with Crippen molar-refractivity contribution in [2.45, 2.75) is 88.6 Å². The van der Waals surface area contributed by atoms with Gasteiger partial charge in [0, 0.05) is 29.6 Å². The van der Waals surface area contributed by atoms with Gasteiger partial charge in [0.05, 0.1) is 4.75 Å². The summed E-state index contributed by atoms with van der Waals surface area (Å²) < 4.78 is 34.5. The van der Waals surface area contributed by atoms with Gasteiger partial charge < -0.3 is 0 Å². The lowest BCUT2D eigenvalue weighted by atomic mass is 10.00. The lowest BCUT2D eigenvalue weighted by Gasteiger charge is -2.20. The van der Waals surface area contributed by atoms with Gasteiger partial charge in [0.2, 0.25) is 0 Å². The van der Waals surface area contributed by atoms with Crippen molar-refractivity contribution in [1.29, 1.82) is 0 Å². The van der Waals surface area contributed by atoms with Crippen LogP contribution in [0.25, 0.3) is 0 Å². The average molecular weight is 387 g/mol. The Morgan fingerprint density at radius 1 is 1.00 bits per heavy atom. The van der Waals surface area contributed by atoms with E-state index in [0.717, 1.165) is 31.3 Å². The predicted molar refractivity (Wildman–Crippen MR) is 94.0 cm³/mol. The van der Waals surface area contributed by atoms with Gasteiger partial charge in [-0.1, -0.05) is 17.9 Å². The van der Waals surface area contributed by atoms with E-state index >= 15 is 0 Å². The fourth-order valence-corrected chi connectivity index (χ4v) is 2.99. The van der Waals surface area contributed by atoms with Gasteiger partial charge in [-0.2, -0.15) is 8.42 Å². The normalized spacial score (nSPS) is 13.2. The van der Waals surface area contributed by atoms with Crippen LogP contribution in [0.2, 0.25) is 0 Å². The molecule has 24 heavy (non-hydrogen) atoms. The predicted octanol–water partition coefficient (Wildman–Crippen LogP) is 4.19. The van der Waals surface area contributed by atoms with Gasteiger partial charge in [-0.05, 0) is 53.4 Å². The van der Waals surface area contributed by atoms with Crippen molar-refractivity contribution in [3.05, 3.63) is 0 Å². The van der Waals surface area contributed by atoms with E-state index in [0.29, 0.717) is 32.1 Å². The summed E-state index contributed by atoms with van der Waals surface area (Å²) in [7, 11) is -4.06. The molecule has 0 atom stereocenters. The number of hydrogen-bond acceptors (Lipinski definition) is 7. The number of rotatable bonds is 14. The molecule has 0 aliphatic rings. The Balaban J connectivity index is 3.82. The monoisotopic (exact) mass is 386 g/mol. The summed E-state index contributed by atoms with van der Waals surface area (Å²) in [6.45, 7) is 6.87. The minimum Gasteiger partial charge on any atom is -0.300 e. The summed E-state index contributed by atoms with van der Waals surface area (Å²) in [6, 6.07) is 0. The molecular weight excluding hydrogens is 356 g/mol. The second kappa shape index (κ2) is 10.7. The average Bonchev–Trinajstić information content (AvgIpc) is 2.45. The number of carbonyl (C=O) groups excluding carboxylic acids is 1. The Labute approximate surface area is 149 Å². The first-order valence-corrected chi connectivity index (χ1v) is 10.2. The molecule has 144 valence electrons. The molecule has 0 fully saturated rings. The maximum absolute atomic E-state index is 11.8. The fraction of sp³-hybridized carbons (Fsp3) is 0.933. The highest BCUT2D eigenvalue weighted by Gasteiger charge is 2.31. The first-order chi connectivity index (χ1) is 10.9. The Bertz CT molecular complexity index is 472. The third kappa shape index (κ3) is 10.6. The first-order valence-electron chi connectivity index (χ1n) is 8.06. The second-order valence-electron chi connectivity index (χ2n) is 7.17. The van der Waals surface area contributed by atoms with Gasteiger partial charge in [0.1, 0.15) is 5.78 Å². The molecule has 0 aliphatic carbocycles. The van der Waals surface area contributed by atoms with Gasteiger partial charge in [-0.25, -0.2) is 5.26 Å². The summed E-state index contributed by atoms with van der Waals surface area (Å²) in [6.07, 6.45) is 4.92. The molecule has 0 aromatic carbocycles. The van der Waals surface area contributed by atoms with Crippen molar-refractivity contribution in [2.24, 2.45) is 0 Å². The van der Waals surface area contributed by atoms with Crippen molar-refractivity contribution in [1.82, 2.24) is 0 Å². The summed E-state index contributed by atoms with van der Waals surface area (Å²) >= 11 is 1.03. The Morgan fingerprint density at radius 2 is 1.50 bits per heavy atom. The van der Waals surface area contributed by atoms with Crippen LogP contribution >= 0.6 is 12.0 Å². The van der Waals surface area contributed by atoms with Crippen LogP contribution in [-0.4, -0.2) is 33.5 Å². The minimum absolute atomic E-state index is 0.167. The summed E-state index contributed by atoms with van der Waals surface area (Å²) in [5.41, 5.74) is 0. The molecule has 0 amide bonds. The molecule has 7 nitrogen and oxygen atoms in total. The molecule has 0 saturated carbocycles. The van der Waals surface area contributed by atoms with Gasteiger partial charge in [0.25, 0.3) is 10.1 Å². The lowest BCUT2D eigenvalue weighted by Crippen LogP contribution is -2.31. The fourth-order valence-electron chi connectivity index (χ4n) is 2.15. The highest BCUT2D eigenvalue weighted by molar-refractivity contribution is 7.95. The Hall–Kier alpha value is -0.190. The molecule has 0 radical (unpaired) electrons. The molecule has 9 heteroatoms. The van der Waals surface area contributed by atoms with E-state index in [1.807, 2.05) is 13.8 Å². The zero-order valence-electron chi connectivity index (χ0n) is 14.9. The summed E-state index contributed by atoms with van der Waals surface area (Å²) in [4.78, 5) is 11.8. The van der Waals surface area contributed by atoms with Crippen LogP contribution in [0.5, 0.6) is 0 Å². The smallest absolute Gasteiger partial charge is 0.270 e. The SMILES string of the molecule is CC(C)(CCCCC(=O)CCCCC(C)(C)S(=O)(=O)O)SOOO. The molecule has 0 heterocycles. The van der Waals surface area contributed by atoms with Crippen molar-refractivity contribution in [2.75, 3.05) is 0 Å².